The molecule has 100 valence electrons. The normalized spacial score (nSPS) is 18.0. The molecular weight excluding hydrogens is 272 g/mol. The number of halogens is 1. The van der Waals surface area contributed by atoms with Crippen LogP contribution in [0.25, 0.3) is 0 Å². The molecule has 1 fully saturated rings. The number of nitrogen functional groups attached to an aromatic ring is 1. The summed E-state index contributed by atoms with van der Waals surface area (Å²) in [5, 5.41) is 0.171. The van der Waals surface area contributed by atoms with Gasteiger partial charge in [-0.3, -0.25) is 0 Å². The van der Waals surface area contributed by atoms with Gasteiger partial charge >= 0.3 is 0 Å². The van der Waals surface area contributed by atoms with Crippen molar-refractivity contribution in [2.24, 2.45) is 5.92 Å². The Morgan fingerprint density at radius 2 is 2.06 bits per heavy atom. The van der Waals surface area contributed by atoms with Gasteiger partial charge < -0.3 is 5.73 Å². The van der Waals surface area contributed by atoms with Crippen LogP contribution in [0.5, 0.6) is 0 Å². The molecule has 1 unspecified atom stereocenters. The predicted molar refractivity (Wildman–Crippen MR) is 73.0 cm³/mol. The monoisotopic (exact) mass is 288 g/mol. The van der Waals surface area contributed by atoms with Gasteiger partial charge in [-0.15, -0.1) is 0 Å². The summed E-state index contributed by atoms with van der Waals surface area (Å²) >= 11 is 5.97. The van der Waals surface area contributed by atoms with E-state index in [9.17, 15) is 8.42 Å². The van der Waals surface area contributed by atoms with E-state index in [0.717, 1.165) is 12.8 Å². The zero-order valence-electron chi connectivity index (χ0n) is 10.4. The number of nitrogens with two attached hydrogens (primary N) is 1. The van der Waals surface area contributed by atoms with E-state index in [1.165, 1.54) is 4.31 Å². The van der Waals surface area contributed by atoms with Crippen molar-refractivity contribution in [3.8, 4) is 0 Å². The molecule has 6 heteroatoms. The van der Waals surface area contributed by atoms with Crippen LogP contribution < -0.4 is 5.73 Å². The number of benzene rings is 1. The van der Waals surface area contributed by atoms with Crippen LogP contribution in [0.15, 0.2) is 23.1 Å². The summed E-state index contributed by atoms with van der Waals surface area (Å²) in [6.07, 6.45) is 2.16. The van der Waals surface area contributed by atoms with Crippen LogP contribution in [0.1, 0.15) is 19.8 Å². The predicted octanol–water partition coefficient (Wildman–Crippen LogP) is 2.34. The lowest BCUT2D eigenvalue weighted by atomic mass is 10.2. The van der Waals surface area contributed by atoms with Crippen LogP contribution in [-0.4, -0.2) is 25.8 Å². The molecule has 4 nitrogen and oxygen atoms in total. The van der Waals surface area contributed by atoms with Gasteiger partial charge in [0, 0.05) is 13.1 Å². The van der Waals surface area contributed by atoms with Gasteiger partial charge in [0.15, 0.2) is 0 Å². The highest BCUT2D eigenvalue weighted by Gasteiger charge is 2.37. The molecule has 1 aromatic rings. The second-order valence-corrected chi connectivity index (χ2v) is 7.10. The Labute approximate surface area is 113 Å². The van der Waals surface area contributed by atoms with Crippen molar-refractivity contribution in [3.63, 3.8) is 0 Å². The third-order valence-corrected chi connectivity index (χ3v) is 6.00. The van der Waals surface area contributed by atoms with E-state index in [-0.39, 0.29) is 21.6 Å². The molecule has 18 heavy (non-hydrogen) atoms. The van der Waals surface area contributed by atoms with Gasteiger partial charge in [0.2, 0.25) is 10.0 Å². The van der Waals surface area contributed by atoms with Crippen molar-refractivity contribution in [1.29, 1.82) is 0 Å². The lowest BCUT2D eigenvalue weighted by molar-refractivity contribution is 0.357. The third kappa shape index (κ3) is 2.35. The van der Waals surface area contributed by atoms with Crippen LogP contribution in [-0.2, 0) is 10.0 Å². The first-order valence-corrected chi connectivity index (χ1v) is 7.69. The number of sulfonamides is 1. The topological polar surface area (TPSA) is 63.4 Å². The fraction of sp³-hybridized carbons (Fsp3) is 0.500. The maximum atomic E-state index is 12.5. The van der Waals surface area contributed by atoms with Gasteiger partial charge in [0.1, 0.15) is 4.90 Å². The van der Waals surface area contributed by atoms with Gasteiger partial charge in [0.25, 0.3) is 0 Å². The Hall–Kier alpha value is -0.780. The van der Waals surface area contributed by atoms with E-state index < -0.39 is 10.0 Å². The first-order chi connectivity index (χ1) is 8.35. The molecular formula is C12H17ClN2O2S. The van der Waals surface area contributed by atoms with E-state index in [1.807, 2.05) is 6.92 Å². The Morgan fingerprint density at radius 1 is 1.44 bits per heavy atom. The zero-order valence-corrected chi connectivity index (χ0v) is 12.0. The molecule has 0 spiro atoms. The summed E-state index contributed by atoms with van der Waals surface area (Å²) in [5.41, 5.74) is 5.94. The molecule has 0 saturated heterocycles. The highest BCUT2D eigenvalue weighted by atomic mass is 35.5. The second kappa shape index (κ2) is 4.72. The smallest absolute Gasteiger partial charge is 0.246 e. The lowest BCUT2D eigenvalue weighted by Crippen LogP contribution is -2.36. The number of hydrogen-bond donors (Lipinski definition) is 1. The summed E-state index contributed by atoms with van der Waals surface area (Å²) in [4.78, 5) is 0.0154. The van der Waals surface area contributed by atoms with Gasteiger partial charge in [-0.05, 0) is 37.8 Å². The molecule has 0 amide bonds. The SMILES string of the molecule is CC(C1CC1)N(C)S(=O)(=O)c1c(N)cccc1Cl. The van der Waals surface area contributed by atoms with Crippen molar-refractivity contribution in [2.75, 3.05) is 12.8 Å². The van der Waals surface area contributed by atoms with Crippen molar-refractivity contribution >= 4 is 27.3 Å². The van der Waals surface area contributed by atoms with Crippen molar-refractivity contribution in [3.05, 3.63) is 23.2 Å². The maximum absolute atomic E-state index is 12.5. The van der Waals surface area contributed by atoms with Crippen molar-refractivity contribution in [1.82, 2.24) is 4.31 Å². The molecule has 2 N–H and O–H groups in total. The van der Waals surface area contributed by atoms with E-state index in [0.29, 0.717) is 5.92 Å². The molecule has 1 saturated carbocycles. The lowest BCUT2D eigenvalue weighted by Gasteiger charge is -2.25. The standard InChI is InChI=1S/C12H17ClN2O2S/c1-8(9-6-7-9)15(2)18(16,17)12-10(13)4-3-5-11(12)14/h3-5,8-9H,6-7,14H2,1-2H3. The third-order valence-electron chi connectivity index (χ3n) is 3.51. The maximum Gasteiger partial charge on any atom is 0.246 e. The summed E-state index contributed by atoms with van der Waals surface area (Å²) < 4.78 is 26.4. The summed E-state index contributed by atoms with van der Waals surface area (Å²) in [6.45, 7) is 1.92. The molecule has 0 radical (unpaired) electrons. The summed E-state index contributed by atoms with van der Waals surface area (Å²) in [7, 11) is -2.04. The van der Waals surface area contributed by atoms with Crippen LogP contribution in [0.3, 0.4) is 0 Å². The average Bonchev–Trinajstić information content (AvgIpc) is 3.10. The van der Waals surface area contributed by atoms with E-state index in [4.69, 9.17) is 17.3 Å². The van der Waals surface area contributed by atoms with E-state index in [2.05, 4.69) is 0 Å². The van der Waals surface area contributed by atoms with E-state index >= 15 is 0 Å². The number of nitrogens with zero attached hydrogens (tertiary/aromatic N) is 1. The highest BCUT2D eigenvalue weighted by Crippen LogP contribution is 2.38. The molecule has 1 aromatic carbocycles. The zero-order chi connectivity index (χ0) is 13.5. The average molecular weight is 289 g/mol. The molecule has 0 bridgehead atoms. The van der Waals surface area contributed by atoms with Crippen LogP contribution in [0.2, 0.25) is 5.02 Å². The Morgan fingerprint density at radius 3 is 2.56 bits per heavy atom. The molecule has 1 atom stereocenters. The largest absolute Gasteiger partial charge is 0.398 e. The van der Waals surface area contributed by atoms with Crippen molar-refractivity contribution in [2.45, 2.75) is 30.7 Å². The number of anilines is 1. The first kappa shape index (κ1) is 13.6. The van der Waals surface area contributed by atoms with Crippen LogP contribution in [0, 0.1) is 5.92 Å². The van der Waals surface area contributed by atoms with Gasteiger partial charge in [-0.25, -0.2) is 8.42 Å². The first-order valence-electron chi connectivity index (χ1n) is 5.87. The Kier molecular flexibility index (Phi) is 3.58. The van der Waals surface area contributed by atoms with Gasteiger partial charge in [-0.1, -0.05) is 17.7 Å². The van der Waals surface area contributed by atoms with Crippen LogP contribution >= 0.6 is 11.6 Å². The molecule has 0 aromatic heterocycles. The number of rotatable bonds is 4. The van der Waals surface area contributed by atoms with Crippen LogP contribution in [0.4, 0.5) is 5.69 Å². The molecule has 1 aliphatic rings. The minimum absolute atomic E-state index is 0.0154. The summed E-state index contributed by atoms with van der Waals surface area (Å²) in [5.74, 6) is 0.452. The van der Waals surface area contributed by atoms with Gasteiger partial charge in [0.05, 0.1) is 10.7 Å². The Balaban J connectivity index is 2.41. The molecule has 0 heterocycles. The second-order valence-electron chi connectivity index (χ2n) is 4.76. The number of hydrogen-bond acceptors (Lipinski definition) is 3. The molecule has 0 aliphatic heterocycles. The summed E-state index contributed by atoms with van der Waals surface area (Å²) in [6, 6.07) is 4.71. The molecule has 2 rings (SSSR count). The Bertz CT molecular complexity index is 535. The minimum atomic E-state index is -3.63. The molecule has 1 aliphatic carbocycles. The van der Waals surface area contributed by atoms with E-state index in [1.54, 1.807) is 25.2 Å². The highest BCUT2D eigenvalue weighted by molar-refractivity contribution is 7.89. The quantitative estimate of drug-likeness (QED) is 0.865. The minimum Gasteiger partial charge on any atom is -0.398 e. The fourth-order valence-electron chi connectivity index (χ4n) is 2.04. The van der Waals surface area contributed by atoms with Crippen molar-refractivity contribution < 1.29 is 8.42 Å². The van der Waals surface area contributed by atoms with Gasteiger partial charge in [-0.2, -0.15) is 4.31 Å². The fourth-order valence-corrected chi connectivity index (χ4v) is 4.09.